The van der Waals surface area contributed by atoms with Crippen LogP contribution in [-0.4, -0.2) is 15.7 Å². The number of hydrogen-bond acceptors (Lipinski definition) is 2. The first-order valence-electron chi connectivity index (χ1n) is 11.3. The number of para-hydroxylation sites is 1. The van der Waals surface area contributed by atoms with Gasteiger partial charge in [0.25, 0.3) is 0 Å². The Morgan fingerprint density at radius 1 is 0.935 bits per heavy atom. The standard InChI is InChI=1S/C26H26ClN3O/c27-21-6-4-5-20(12-21)23-13-24(30(29-23)22-7-2-1-3-8-22)28-25(31)26-14-17-9-18(15-26)11-19(10-17)16-26/h1-8,12-13,17-19H,9-11,14-16H2,(H,28,31). The Hall–Kier alpha value is -2.59. The summed E-state index contributed by atoms with van der Waals surface area (Å²) in [6, 6.07) is 19.6. The van der Waals surface area contributed by atoms with Gasteiger partial charge in [0.15, 0.2) is 0 Å². The zero-order chi connectivity index (χ0) is 21.0. The van der Waals surface area contributed by atoms with E-state index in [1.54, 1.807) is 0 Å². The molecule has 5 heteroatoms. The molecule has 0 atom stereocenters. The molecule has 2 aromatic carbocycles. The lowest BCUT2D eigenvalue weighted by Crippen LogP contribution is -2.51. The summed E-state index contributed by atoms with van der Waals surface area (Å²) in [4.78, 5) is 13.7. The van der Waals surface area contributed by atoms with E-state index in [9.17, 15) is 4.79 Å². The maximum atomic E-state index is 13.7. The summed E-state index contributed by atoms with van der Waals surface area (Å²) in [5, 5.41) is 8.81. The third-order valence-electron chi connectivity index (χ3n) is 7.59. The number of halogens is 1. The molecule has 0 spiro atoms. The molecule has 7 rings (SSSR count). The molecule has 158 valence electrons. The smallest absolute Gasteiger partial charge is 0.231 e. The minimum absolute atomic E-state index is 0.182. The van der Waals surface area contributed by atoms with Crippen LogP contribution in [0.15, 0.2) is 60.7 Å². The summed E-state index contributed by atoms with van der Waals surface area (Å²) < 4.78 is 1.84. The molecule has 0 radical (unpaired) electrons. The van der Waals surface area contributed by atoms with E-state index in [0.717, 1.165) is 59.8 Å². The monoisotopic (exact) mass is 431 g/mol. The van der Waals surface area contributed by atoms with Crippen LogP contribution in [0.3, 0.4) is 0 Å². The number of carbonyl (C=O) groups is 1. The fraction of sp³-hybridized carbons (Fsp3) is 0.385. The Kier molecular flexibility index (Phi) is 4.46. The van der Waals surface area contributed by atoms with Crippen molar-refractivity contribution in [1.82, 2.24) is 9.78 Å². The van der Waals surface area contributed by atoms with E-state index < -0.39 is 0 Å². The average molecular weight is 432 g/mol. The van der Waals surface area contributed by atoms with Crippen LogP contribution in [-0.2, 0) is 4.79 Å². The highest BCUT2D eigenvalue weighted by atomic mass is 35.5. The van der Waals surface area contributed by atoms with Crippen LogP contribution in [0.4, 0.5) is 5.82 Å². The van der Waals surface area contributed by atoms with Gasteiger partial charge in [-0.15, -0.1) is 0 Å². The van der Waals surface area contributed by atoms with Gasteiger partial charge in [-0.3, -0.25) is 4.79 Å². The summed E-state index contributed by atoms with van der Waals surface area (Å²) in [6.45, 7) is 0. The Labute approximate surface area is 187 Å². The van der Waals surface area contributed by atoms with Gasteiger partial charge in [-0.05, 0) is 80.5 Å². The van der Waals surface area contributed by atoms with Crippen molar-refractivity contribution in [2.24, 2.45) is 23.2 Å². The summed E-state index contributed by atoms with van der Waals surface area (Å²) in [5.41, 5.74) is 2.47. The number of aromatic nitrogens is 2. The van der Waals surface area contributed by atoms with E-state index in [0.29, 0.717) is 5.02 Å². The van der Waals surface area contributed by atoms with Crippen molar-refractivity contribution >= 4 is 23.3 Å². The molecule has 3 aromatic rings. The molecule has 4 bridgehead atoms. The predicted octanol–water partition coefficient (Wildman–Crippen LogP) is 6.35. The molecule has 1 aromatic heterocycles. The Balaban J connectivity index is 1.36. The third kappa shape index (κ3) is 3.38. The van der Waals surface area contributed by atoms with Gasteiger partial charge in [0.2, 0.25) is 5.91 Å². The number of rotatable bonds is 4. The predicted molar refractivity (Wildman–Crippen MR) is 123 cm³/mol. The number of amides is 1. The number of nitrogens with zero attached hydrogens (tertiary/aromatic N) is 2. The largest absolute Gasteiger partial charge is 0.310 e. The second kappa shape index (κ2) is 7.23. The van der Waals surface area contributed by atoms with Crippen LogP contribution in [0.2, 0.25) is 5.02 Å². The fourth-order valence-corrected chi connectivity index (χ4v) is 6.85. The van der Waals surface area contributed by atoms with Gasteiger partial charge in [-0.25, -0.2) is 4.68 Å². The van der Waals surface area contributed by atoms with Gasteiger partial charge in [-0.2, -0.15) is 5.10 Å². The number of hydrogen-bond donors (Lipinski definition) is 1. The summed E-state index contributed by atoms with van der Waals surface area (Å²) >= 11 is 6.21. The van der Waals surface area contributed by atoms with Gasteiger partial charge in [0.1, 0.15) is 5.82 Å². The van der Waals surface area contributed by atoms with E-state index in [1.807, 2.05) is 65.3 Å². The molecule has 4 aliphatic rings. The Bertz CT molecular complexity index is 1100. The number of nitrogens with one attached hydrogen (secondary N) is 1. The van der Waals surface area contributed by atoms with E-state index in [4.69, 9.17) is 16.7 Å². The highest BCUT2D eigenvalue weighted by Gasteiger charge is 2.54. The first-order valence-corrected chi connectivity index (χ1v) is 11.7. The molecule has 0 aliphatic heterocycles. The van der Waals surface area contributed by atoms with Crippen LogP contribution in [0.1, 0.15) is 38.5 Å². The van der Waals surface area contributed by atoms with Gasteiger partial charge in [0, 0.05) is 16.7 Å². The van der Waals surface area contributed by atoms with Gasteiger partial charge in [0.05, 0.1) is 16.8 Å². The van der Waals surface area contributed by atoms with Crippen molar-refractivity contribution in [1.29, 1.82) is 0 Å². The molecule has 4 nitrogen and oxygen atoms in total. The topological polar surface area (TPSA) is 46.9 Å². The van der Waals surface area contributed by atoms with Crippen molar-refractivity contribution in [3.63, 3.8) is 0 Å². The van der Waals surface area contributed by atoms with Crippen molar-refractivity contribution in [2.75, 3.05) is 5.32 Å². The number of carbonyl (C=O) groups excluding carboxylic acids is 1. The highest BCUT2D eigenvalue weighted by molar-refractivity contribution is 6.30. The van der Waals surface area contributed by atoms with Crippen LogP contribution < -0.4 is 5.32 Å². The summed E-state index contributed by atoms with van der Waals surface area (Å²) in [6.07, 6.45) is 7.12. The second-order valence-corrected chi connectivity index (χ2v) is 10.3. The van der Waals surface area contributed by atoms with E-state index in [-0.39, 0.29) is 11.3 Å². The number of benzene rings is 2. The molecular weight excluding hydrogens is 406 g/mol. The normalized spacial score (nSPS) is 28.6. The maximum absolute atomic E-state index is 13.7. The van der Waals surface area contributed by atoms with Crippen molar-refractivity contribution in [2.45, 2.75) is 38.5 Å². The van der Waals surface area contributed by atoms with Crippen molar-refractivity contribution in [3.05, 3.63) is 65.7 Å². The molecule has 4 fully saturated rings. The Morgan fingerprint density at radius 2 is 1.61 bits per heavy atom. The maximum Gasteiger partial charge on any atom is 0.231 e. The van der Waals surface area contributed by atoms with E-state index in [1.165, 1.54) is 19.3 Å². The molecule has 1 amide bonds. The molecule has 4 saturated carbocycles. The molecule has 0 unspecified atom stereocenters. The fourth-order valence-electron chi connectivity index (χ4n) is 6.66. The summed E-state index contributed by atoms with van der Waals surface area (Å²) in [5.74, 6) is 3.11. The van der Waals surface area contributed by atoms with E-state index in [2.05, 4.69) is 5.32 Å². The average Bonchev–Trinajstić information content (AvgIpc) is 3.17. The second-order valence-electron chi connectivity index (χ2n) is 9.82. The van der Waals surface area contributed by atoms with Crippen LogP contribution in [0.5, 0.6) is 0 Å². The lowest BCUT2D eigenvalue weighted by Gasteiger charge is -2.55. The molecule has 1 N–H and O–H groups in total. The minimum Gasteiger partial charge on any atom is -0.310 e. The first kappa shape index (κ1) is 19.1. The third-order valence-corrected chi connectivity index (χ3v) is 7.83. The van der Waals surface area contributed by atoms with Crippen LogP contribution >= 0.6 is 11.6 Å². The lowest BCUT2D eigenvalue weighted by molar-refractivity contribution is -0.140. The van der Waals surface area contributed by atoms with Gasteiger partial charge >= 0.3 is 0 Å². The zero-order valence-corrected chi connectivity index (χ0v) is 18.2. The molecule has 4 aliphatic carbocycles. The molecule has 31 heavy (non-hydrogen) atoms. The van der Waals surface area contributed by atoms with Gasteiger partial charge in [-0.1, -0.05) is 41.9 Å². The molecular formula is C26H26ClN3O. The zero-order valence-electron chi connectivity index (χ0n) is 17.4. The molecule has 1 heterocycles. The SMILES string of the molecule is O=C(Nc1cc(-c2cccc(Cl)c2)nn1-c1ccccc1)C12CC3CC(CC(C3)C1)C2. The van der Waals surface area contributed by atoms with Crippen molar-refractivity contribution < 1.29 is 4.79 Å². The van der Waals surface area contributed by atoms with Crippen LogP contribution in [0, 0.1) is 23.2 Å². The van der Waals surface area contributed by atoms with Crippen LogP contribution in [0.25, 0.3) is 16.9 Å². The van der Waals surface area contributed by atoms with Crippen molar-refractivity contribution in [3.8, 4) is 16.9 Å². The number of anilines is 1. The Morgan fingerprint density at radius 3 is 2.26 bits per heavy atom. The summed E-state index contributed by atoms with van der Waals surface area (Å²) in [7, 11) is 0. The minimum atomic E-state index is -0.198. The highest BCUT2D eigenvalue weighted by Crippen LogP contribution is 2.60. The first-order chi connectivity index (χ1) is 15.1. The van der Waals surface area contributed by atoms with Gasteiger partial charge < -0.3 is 5.32 Å². The quantitative estimate of drug-likeness (QED) is 0.523. The van der Waals surface area contributed by atoms with E-state index >= 15 is 0 Å². The lowest BCUT2D eigenvalue weighted by atomic mass is 9.49. The molecule has 0 saturated heterocycles.